The molecule has 0 saturated carbocycles. The van der Waals surface area contributed by atoms with E-state index in [1.54, 1.807) is 10.6 Å². The zero-order chi connectivity index (χ0) is 25.4. The molecule has 1 aromatic heterocycles. The van der Waals surface area contributed by atoms with Gasteiger partial charge < -0.3 is 14.0 Å². The average Bonchev–Trinajstić information content (AvgIpc) is 3.51. The smallest absolute Gasteiger partial charge is 0.243 e. The van der Waals surface area contributed by atoms with Gasteiger partial charge in [0.15, 0.2) is 28.4 Å². The van der Waals surface area contributed by atoms with Gasteiger partial charge in [0, 0.05) is 37.1 Å². The summed E-state index contributed by atoms with van der Waals surface area (Å²) in [6, 6.07) is 4.76. The van der Waals surface area contributed by atoms with Gasteiger partial charge in [0.25, 0.3) is 0 Å². The maximum absolute atomic E-state index is 14.2. The van der Waals surface area contributed by atoms with E-state index in [1.165, 1.54) is 16.4 Å². The minimum Gasteiger partial charge on any atom is -0.379 e. The van der Waals surface area contributed by atoms with Crippen molar-refractivity contribution in [2.24, 2.45) is 0 Å². The quantitative estimate of drug-likeness (QED) is 0.253. The minimum absolute atomic E-state index is 0.0690. The van der Waals surface area contributed by atoms with Gasteiger partial charge in [0.05, 0.1) is 41.8 Å². The Morgan fingerprint density at radius 3 is 2.42 bits per heavy atom. The third kappa shape index (κ3) is 4.86. The normalized spacial score (nSPS) is 19.4. The van der Waals surface area contributed by atoms with Crippen LogP contribution in [0.25, 0.3) is 11.0 Å². The van der Waals surface area contributed by atoms with Gasteiger partial charge in [0.2, 0.25) is 10.0 Å². The Bertz CT molecular complexity index is 1360. The molecule has 36 heavy (non-hydrogen) atoms. The molecule has 0 aliphatic carbocycles. The summed E-state index contributed by atoms with van der Waals surface area (Å²) in [5.74, 6) is -6.28. The molecule has 0 bridgehead atoms. The number of aromatic nitrogens is 2. The fourth-order valence-electron chi connectivity index (χ4n) is 4.35. The first-order valence-electron chi connectivity index (χ1n) is 11.4. The second-order valence-electron chi connectivity index (χ2n) is 8.54. The van der Waals surface area contributed by atoms with E-state index < -0.39 is 44.6 Å². The Balaban J connectivity index is 1.50. The summed E-state index contributed by atoms with van der Waals surface area (Å²) in [4.78, 5) is 4.59. The Hall–Kier alpha value is -2.19. The molecule has 3 heterocycles. The summed E-state index contributed by atoms with van der Waals surface area (Å²) >= 11 is 0.903. The Morgan fingerprint density at radius 1 is 1.03 bits per heavy atom. The van der Waals surface area contributed by atoms with E-state index >= 15 is 0 Å². The molecule has 0 radical (unpaired) electrons. The number of ether oxygens (including phenoxy) is 2. The van der Waals surface area contributed by atoms with E-state index in [0.717, 1.165) is 24.6 Å². The largest absolute Gasteiger partial charge is 0.379 e. The maximum atomic E-state index is 14.2. The number of hydrogen-bond acceptors (Lipinski definition) is 6. The van der Waals surface area contributed by atoms with Gasteiger partial charge in [-0.25, -0.2) is 31.0 Å². The van der Waals surface area contributed by atoms with Gasteiger partial charge in [-0.3, -0.25) is 0 Å². The first-order valence-corrected chi connectivity index (χ1v) is 13.8. The lowest BCUT2D eigenvalue weighted by molar-refractivity contribution is 0.0730. The second-order valence-corrected chi connectivity index (χ2v) is 11.4. The van der Waals surface area contributed by atoms with Crippen LogP contribution in [0.15, 0.2) is 34.3 Å². The van der Waals surface area contributed by atoms with E-state index in [2.05, 4.69) is 4.98 Å². The van der Waals surface area contributed by atoms with Crippen LogP contribution in [0.4, 0.5) is 17.6 Å². The molecule has 5 rings (SSSR count). The monoisotopic (exact) mass is 545 g/mol. The molecule has 0 amide bonds. The third-order valence-corrected chi connectivity index (χ3v) is 9.15. The lowest BCUT2D eigenvalue weighted by Crippen LogP contribution is -2.40. The Morgan fingerprint density at radius 2 is 1.75 bits per heavy atom. The molecule has 2 aromatic carbocycles. The number of halogens is 4. The molecule has 2 aliphatic heterocycles. The van der Waals surface area contributed by atoms with Gasteiger partial charge in [-0.2, -0.15) is 4.31 Å². The standard InChI is InChI=1S/C23H23F4N3O4S2/c24-17-11-18(25)22(27)16(21(17)26)13-35-23-28-19-10-15(36(31,32)29-5-8-33-9-6-29)3-4-20(19)30(23)12-14-2-1-7-34-14/h3-4,10-11,14H,1-2,5-9,12-13H2/t14-/m0/s1. The van der Waals surface area contributed by atoms with Crippen molar-refractivity contribution in [1.29, 1.82) is 0 Å². The number of benzene rings is 2. The molecule has 3 aromatic rings. The van der Waals surface area contributed by atoms with Crippen LogP contribution in [0, 0.1) is 23.3 Å². The van der Waals surface area contributed by atoms with Crippen LogP contribution in [-0.2, 0) is 31.8 Å². The predicted octanol–water partition coefficient (Wildman–Crippen LogP) is 4.08. The van der Waals surface area contributed by atoms with Crippen LogP contribution >= 0.6 is 11.8 Å². The van der Waals surface area contributed by atoms with Crippen LogP contribution in [0.5, 0.6) is 0 Å². The highest BCUT2D eigenvalue weighted by Gasteiger charge is 2.28. The topological polar surface area (TPSA) is 73.7 Å². The van der Waals surface area contributed by atoms with E-state index in [9.17, 15) is 26.0 Å². The number of fused-ring (bicyclic) bond motifs is 1. The lowest BCUT2D eigenvalue weighted by Gasteiger charge is -2.26. The zero-order valence-corrected chi connectivity index (χ0v) is 20.7. The van der Waals surface area contributed by atoms with E-state index in [0.29, 0.717) is 42.6 Å². The molecule has 1 atom stereocenters. The summed E-state index contributed by atoms with van der Waals surface area (Å²) in [7, 11) is -3.77. The fraction of sp³-hybridized carbons (Fsp3) is 0.435. The SMILES string of the molecule is O=S(=O)(c1ccc2c(c1)nc(SCc1c(F)c(F)cc(F)c1F)n2C[C@@H]1CCCO1)N1CCOCC1. The van der Waals surface area contributed by atoms with Crippen LogP contribution in [0.3, 0.4) is 0 Å². The second kappa shape index (κ2) is 10.3. The van der Waals surface area contributed by atoms with E-state index in [1.807, 2.05) is 0 Å². The summed E-state index contributed by atoms with van der Waals surface area (Å²) in [6.45, 7) is 2.11. The van der Waals surface area contributed by atoms with E-state index in [-0.39, 0.29) is 30.2 Å². The fourth-order valence-corrected chi connectivity index (χ4v) is 6.80. The van der Waals surface area contributed by atoms with Gasteiger partial charge in [-0.15, -0.1) is 0 Å². The third-order valence-electron chi connectivity index (χ3n) is 6.25. The number of rotatable bonds is 7. The highest BCUT2D eigenvalue weighted by Crippen LogP contribution is 2.32. The van der Waals surface area contributed by atoms with Crippen molar-refractivity contribution in [3.63, 3.8) is 0 Å². The van der Waals surface area contributed by atoms with Crippen LogP contribution in [-0.4, -0.2) is 61.3 Å². The van der Waals surface area contributed by atoms with E-state index in [4.69, 9.17) is 9.47 Å². The van der Waals surface area contributed by atoms with Gasteiger partial charge in [0.1, 0.15) is 0 Å². The molecule has 0 unspecified atom stereocenters. The molecule has 194 valence electrons. The molecule has 7 nitrogen and oxygen atoms in total. The van der Waals surface area contributed by atoms with Gasteiger partial charge in [-0.05, 0) is 31.0 Å². The highest BCUT2D eigenvalue weighted by atomic mass is 32.2. The molecule has 13 heteroatoms. The first kappa shape index (κ1) is 25.5. The van der Waals surface area contributed by atoms with Crippen molar-refractivity contribution in [1.82, 2.24) is 13.9 Å². The van der Waals surface area contributed by atoms with Crippen LogP contribution < -0.4 is 0 Å². The molecule has 2 saturated heterocycles. The summed E-state index contributed by atoms with van der Waals surface area (Å²) < 4.78 is 96.1. The molecule has 2 aliphatic rings. The van der Waals surface area contributed by atoms with Crippen molar-refractivity contribution >= 4 is 32.8 Å². The number of sulfonamides is 1. The van der Waals surface area contributed by atoms with Gasteiger partial charge in [-0.1, -0.05) is 11.8 Å². The molecule has 0 N–H and O–H groups in total. The van der Waals surface area contributed by atoms with Crippen LogP contribution in [0.2, 0.25) is 0 Å². The lowest BCUT2D eigenvalue weighted by atomic mass is 10.2. The number of morpholine rings is 1. The summed E-state index contributed by atoms with van der Waals surface area (Å²) in [5.41, 5.74) is 0.250. The summed E-state index contributed by atoms with van der Waals surface area (Å²) in [5, 5.41) is 0.324. The number of nitrogens with zero attached hydrogens (tertiary/aromatic N) is 3. The van der Waals surface area contributed by atoms with Crippen molar-refractivity contribution < 1.29 is 35.5 Å². The predicted molar refractivity (Wildman–Crippen MR) is 124 cm³/mol. The van der Waals surface area contributed by atoms with Crippen molar-refractivity contribution in [2.75, 3.05) is 32.9 Å². The Kier molecular flexibility index (Phi) is 7.27. The summed E-state index contributed by atoms with van der Waals surface area (Å²) in [6.07, 6.45) is 1.59. The van der Waals surface area contributed by atoms with Crippen molar-refractivity contribution in [2.45, 2.75) is 41.3 Å². The maximum Gasteiger partial charge on any atom is 0.243 e. The zero-order valence-electron chi connectivity index (χ0n) is 19.1. The molecule has 2 fully saturated rings. The number of thioether (sulfide) groups is 1. The highest BCUT2D eigenvalue weighted by molar-refractivity contribution is 7.98. The molecular weight excluding hydrogens is 522 g/mol. The van der Waals surface area contributed by atoms with Gasteiger partial charge >= 0.3 is 0 Å². The average molecular weight is 546 g/mol. The Labute approximate surface area is 209 Å². The van der Waals surface area contributed by atoms with Crippen molar-refractivity contribution in [3.8, 4) is 0 Å². The van der Waals surface area contributed by atoms with Crippen molar-refractivity contribution in [3.05, 3.63) is 53.1 Å². The first-order chi connectivity index (χ1) is 17.3. The minimum atomic E-state index is -3.77. The number of hydrogen-bond donors (Lipinski definition) is 0. The number of imidazole rings is 1. The molecule has 0 spiro atoms. The van der Waals surface area contributed by atoms with Crippen LogP contribution in [0.1, 0.15) is 18.4 Å². The molecular formula is C23H23F4N3O4S2.